The van der Waals surface area contributed by atoms with E-state index in [1.165, 1.54) is 0 Å². The molecule has 0 aliphatic carbocycles. The lowest BCUT2D eigenvalue weighted by Crippen LogP contribution is -2.30. The van der Waals surface area contributed by atoms with E-state index < -0.39 is 0 Å². The number of hydrogen-bond acceptors (Lipinski definition) is 3. The number of rotatable bonds is 5. The predicted octanol–water partition coefficient (Wildman–Crippen LogP) is 4.28. The number of urea groups is 1. The highest BCUT2D eigenvalue weighted by Crippen LogP contribution is 2.18. The number of halogens is 1. The van der Waals surface area contributed by atoms with E-state index in [1.54, 1.807) is 24.3 Å². The fourth-order valence-electron chi connectivity index (χ4n) is 1.85. The van der Waals surface area contributed by atoms with Crippen LogP contribution in [0.25, 0.3) is 0 Å². The summed E-state index contributed by atoms with van der Waals surface area (Å²) >= 11 is 6.99. The van der Waals surface area contributed by atoms with Crippen molar-refractivity contribution in [3.63, 3.8) is 0 Å². The lowest BCUT2D eigenvalue weighted by atomic mass is 10.1. The molecule has 0 saturated heterocycles. The number of amides is 2. The Hall–Kier alpha value is -2.16. The number of nitriles is 1. The number of carbonyl (C=O) groups is 1. The Labute approximate surface area is 138 Å². The summed E-state index contributed by atoms with van der Waals surface area (Å²) in [5.41, 5.74) is 1.76. The van der Waals surface area contributed by atoms with Crippen molar-refractivity contribution >= 4 is 35.1 Å². The zero-order valence-corrected chi connectivity index (χ0v) is 13.2. The maximum Gasteiger partial charge on any atom is 0.319 e. The third kappa shape index (κ3) is 5.32. The Bertz CT molecular complexity index is 683. The topological polar surface area (TPSA) is 64.9 Å². The van der Waals surface area contributed by atoms with E-state index in [0.717, 1.165) is 22.2 Å². The van der Waals surface area contributed by atoms with Crippen LogP contribution < -0.4 is 10.6 Å². The first-order chi connectivity index (χ1) is 10.7. The first-order valence-corrected chi connectivity index (χ1v) is 7.82. The lowest BCUT2D eigenvalue weighted by molar-refractivity contribution is 0.252. The van der Waals surface area contributed by atoms with E-state index in [-0.39, 0.29) is 6.03 Å². The van der Waals surface area contributed by atoms with E-state index in [0.29, 0.717) is 23.7 Å². The normalized spacial score (nSPS) is 9.82. The molecule has 2 aromatic carbocycles. The van der Waals surface area contributed by atoms with Crippen molar-refractivity contribution in [2.24, 2.45) is 0 Å². The van der Waals surface area contributed by atoms with Crippen LogP contribution in [0.15, 0.2) is 53.4 Å². The molecular formula is C16H14ClN3OS. The highest BCUT2D eigenvalue weighted by atomic mass is 35.5. The van der Waals surface area contributed by atoms with E-state index in [1.807, 2.05) is 29.7 Å². The third-order valence-corrected chi connectivity index (χ3v) is 3.70. The summed E-state index contributed by atoms with van der Waals surface area (Å²) < 4.78 is 0. The largest absolute Gasteiger partial charge is 0.338 e. The molecule has 0 radical (unpaired) electrons. The van der Waals surface area contributed by atoms with Gasteiger partial charge in [0, 0.05) is 22.2 Å². The second-order valence-corrected chi connectivity index (χ2v) is 5.77. The highest BCUT2D eigenvalue weighted by molar-refractivity contribution is 8.03. The van der Waals surface area contributed by atoms with Crippen LogP contribution in [-0.2, 0) is 6.42 Å². The summed E-state index contributed by atoms with van der Waals surface area (Å²) in [6, 6.07) is 14.4. The number of carbonyl (C=O) groups excluding carboxylic acids is 1. The molecule has 0 aromatic heterocycles. The van der Waals surface area contributed by atoms with Crippen molar-refractivity contribution < 1.29 is 4.79 Å². The van der Waals surface area contributed by atoms with Gasteiger partial charge in [0.2, 0.25) is 0 Å². The van der Waals surface area contributed by atoms with Gasteiger partial charge in [0.1, 0.15) is 5.40 Å². The zero-order valence-electron chi connectivity index (χ0n) is 11.7. The monoisotopic (exact) mass is 331 g/mol. The van der Waals surface area contributed by atoms with Crippen molar-refractivity contribution in [1.82, 2.24) is 5.32 Å². The molecule has 0 saturated carbocycles. The fourth-order valence-corrected chi connectivity index (χ4v) is 2.44. The van der Waals surface area contributed by atoms with Crippen molar-refractivity contribution in [1.29, 1.82) is 5.26 Å². The Balaban J connectivity index is 1.77. The first kappa shape index (κ1) is 16.2. The smallest absolute Gasteiger partial charge is 0.319 e. The van der Waals surface area contributed by atoms with Crippen LogP contribution in [0.3, 0.4) is 0 Å². The van der Waals surface area contributed by atoms with Gasteiger partial charge in [0.05, 0.1) is 0 Å². The number of nitrogens with zero attached hydrogens (tertiary/aromatic N) is 1. The molecule has 0 fully saturated rings. The molecule has 6 heteroatoms. The molecule has 2 rings (SSSR count). The van der Waals surface area contributed by atoms with Crippen LogP contribution in [0.2, 0.25) is 5.02 Å². The van der Waals surface area contributed by atoms with Gasteiger partial charge in [0.25, 0.3) is 0 Å². The summed E-state index contributed by atoms with van der Waals surface area (Å²) in [6.07, 6.45) is 0.714. The molecule has 2 N–H and O–H groups in total. The molecular weight excluding hydrogens is 318 g/mol. The van der Waals surface area contributed by atoms with E-state index in [9.17, 15) is 4.79 Å². The minimum absolute atomic E-state index is 0.261. The number of thioether (sulfide) groups is 1. The molecule has 22 heavy (non-hydrogen) atoms. The predicted molar refractivity (Wildman–Crippen MR) is 90.1 cm³/mol. The second kappa shape index (κ2) is 8.32. The van der Waals surface area contributed by atoms with E-state index in [4.69, 9.17) is 16.9 Å². The maximum atomic E-state index is 11.8. The Kier molecular flexibility index (Phi) is 6.13. The molecule has 4 nitrogen and oxygen atoms in total. The van der Waals surface area contributed by atoms with E-state index >= 15 is 0 Å². The van der Waals surface area contributed by atoms with Gasteiger partial charge in [-0.05, 0) is 60.1 Å². The molecule has 0 aliphatic rings. The number of thiocyanates is 1. The molecule has 0 heterocycles. The zero-order chi connectivity index (χ0) is 15.8. The van der Waals surface area contributed by atoms with Gasteiger partial charge in [-0.25, -0.2) is 4.79 Å². The minimum atomic E-state index is -0.261. The fraction of sp³-hybridized carbons (Fsp3) is 0.125. The number of hydrogen-bond donors (Lipinski definition) is 2. The number of nitrogens with one attached hydrogen (secondary N) is 2. The van der Waals surface area contributed by atoms with Gasteiger partial charge in [-0.1, -0.05) is 23.7 Å². The molecule has 0 aliphatic heterocycles. The summed E-state index contributed by atoms with van der Waals surface area (Å²) in [7, 11) is 0. The van der Waals surface area contributed by atoms with Crippen LogP contribution in [0.5, 0.6) is 0 Å². The molecule has 2 aromatic rings. The van der Waals surface area contributed by atoms with Gasteiger partial charge in [0.15, 0.2) is 0 Å². The van der Waals surface area contributed by atoms with Crippen molar-refractivity contribution in [2.75, 3.05) is 11.9 Å². The maximum absolute atomic E-state index is 11.8. The molecule has 2 amide bonds. The summed E-state index contributed by atoms with van der Waals surface area (Å²) in [6.45, 7) is 0.522. The number of benzene rings is 2. The van der Waals surface area contributed by atoms with Crippen LogP contribution in [-0.4, -0.2) is 12.6 Å². The van der Waals surface area contributed by atoms with Crippen molar-refractivity contribution in [2.45, 2.75) is 11.3 Å². The average molecular weight is 332 g/mol. The Morgan fingerprint density at radius 1 is 1.23 bits per heavy atom. The summed E-state index contributed by atoms with van der Waals surface area (Å²) in [4.78, 5) is 12.6. The van der Waals surface area contributed by atoms with Gasteiger partial charge in [-0.2, -0.15) is 5.26 Å². The van der Waals surface area contributed by atoms with Crippen LogP contribution in [0.4, 0.5) is 10.5 Å². The van der Waals surface area contributed by atoms with Gasteiger partial charge < -0.3 is 10.6 Å². The van der Waals surface area contributed by atoms with Crippen LogP contribution >= 0.6 is 23.4 Å². The SMILES string of the molecule is N#CSc1ccc(NC(=O)NCCc2cccc(Cl)c2)cc1. The third-order valence-electron chi connectivity index (χ3n) is 2.86. The standard InChI is InChI=1S/C16H14ClN3OS/c17-13-3-1-2-12(10-13)8-9-19-16(21)20-14-4-6-15(7-5-14)22-11-18/h1-7,10H,8-9H2,(H2,19,20,21). The second-order valence-electron chi connectivity index (χ2n) is 4.48. The molecule has 0 unspecified atom stereocenters. The quantitative estimate of drug-likeness (QED) is 0.635. The summed E-state index contributed by atoms with van der Waals surface area (Å²) in [5.74, 6) is 0. The van der Waals surface area contributed by atoms with Crippen molar-refractivity contribution in [3.05, 3.63) is 59.1 Å². The molecule has 112 valence electrons. The van der Waals surface area contributed by atoms with E-state index in [2.05, 4.69) is 10.6 Å². The average Bonchev–Trinajstić information content (AvgIpc) is 2.50. The molecule has 0 bridgehead atoms. The first-order valence-electron chi connectivity index (χ1n) is 6.62. The van der Waals surface area contributed by atoms with Gasteiger partial charge in [-0.3, -0.25) is 0 Å². The highest BCUT2D eigenvalue weighted by Gasteiger charge is 2.02. The Morgan fingerprint density at radius 3 is 2.68 bits per heavy atom. The Morgan fingerprint density at radius 2 is 2.00 bits per heavy atom. The van der Waals surface area contributed by atoms with Crippen LogP contribution in [0.1, 0.15) is 5.56 Å². The minimum Gasteiger partial charge on any atom is -0.338 e. The molecule has 0 spiro atoms. The van der Waals surface area contributed by atoms with Gasteiger partial charge in [-0.15, -0.1) is 0 Å². The number of anilines is 1. The van der Waals surface area contributed by atoms with Gasteiger partial charge >= 0.3 is 6.03 Å². The lowest BCUT2D eigenvalue weighted by Gasteiger charge is -2.08. The van der Waals surface area contributed by atoms with Crippen molar-refractivity contribution in [3.8, 4) is 5.40 Å². The van der Waals surface area contributed by atoms with Crippen LogP contribution in [0, 0.1) is 10.7 Å². The summed E-state index contributed by atoms with van der Waals surface area (Å²) in [5, 5.41) is 16.8. The molecule has 0 atom stereocenters.